The highest BCUT2D eigenvalue weighted by Gasteiger charge is 2.30. The molecule has 0 radical (unpaired) electrons. The molecule has 3 rings (SSSR count). The van der Waals surface area contributed by atoms with Crippen LogP contribution >= 0.6 is 0 Å². The first-order chi connectivity index (χ1) is 10.6. The molecule has 1 aromatic rings. The van der Waals surface area contributed by atoms with Crippen LogP contribution in [-0.2, 0) is 4.79 Å². The number of amides is 1. The molecule has 0 bridgehead atoms. The second kappa shape index (κ2) is 6.25. The van der Waals surface area contributed by atoms with Crippen molar-refractivity contribution in [1.82, 2.24) is 5.32 Å². The van der Waals surface area contributed by atoms with E-state index in [-0.39, 0.29) is 17.9 Å². The van der Waals surface area contributed by atoms with Crippen LogP contribution in [0.15, 0.2) is 18.2 Å². The molecule has 1 aliphatic heterocycles. The number of carbonyl (C=O) groups is 2. The second-order valence-corrected chi connectivity index (χ2v) is 5.73. The zero-order valence-electron chi connectivity index (χ0n) is 12.2. The molecule has 118 valence electrons. The van der Waals surface area contributed by atoms with Gasteiger partial charge in [0.05, 0.1) is 19.1 Å². The Kier molecular flexibility index (Phi) is 4.18. The van der Waals surface area contributed by atoms with Gasteiger partial charge in [0.2, 0.25) is 0 Å². The molecule has 1 saturated carbocycles. The number of fused-ring (bicyclic) bond motifs is 1. The van der Waals surface area contributed by atoms with Gasteiger partial charge in [0, 0.05) is 18.0 Å². The number of benzene rings is 1. The molecule has 1 fully saturated rings. The number of hydrogen-bond acceptors (Lipinski definition) is 4. The molecule has 0 saturated heterocycles. The Balaban J connectivity index is 1.65. The summed E-state index contributed by atoms with van der Waals surface area (Å²) in [7, 11) is 0. The molecular formula is C16H19NO5. The SMILES string of the molecule is O=C(N[C@H]1CC[C@@H](C(=O)O)C1)c1ccc2c(c1)OCCCO2. The number of ether oxygens (including phenoxy) is 2. The van der Waals surface area contributed by atoms with Crippen LogP contribution in [0.1, 0.15) is 36.0 Å². The Morgan fingerprint density at radius 1 is 1.14 bits per heavy atom. The molecule has 1 amide bonds. The van der Waals surface area contributed by atoms with Gasteiger partial charge in [-0.3, -0.25) is 9.59 Å². The number of nitrogens with one attached hydrogen (secondary N) is 1. The van der Waals surface area contributed by atoms with Crippen molar-refractivity contribution in [3.63, 3.8) is 0 Å². The molecule has 2 N–H and O–H groups in total. The lowest BCUT2D eigenvalue weighted by atomic mass is 10.1. The Morgan fingerprint density at radius 2 is 1.91 bits per heavy atom. The first kappa shape index (κ1) is 14.7. The minimum Gasteiger partial charge on any atom is -0.490 e. The van der Waals surface area contributed by atoms with Gasteiger partial charge in [-0.2, -0.15) is 0 Å². The summed E-state index contributed by atoms with van der Waals surface area (Å²) in [5.74, 6) is -0.103. The van der Waals surface area contributed by atoms with Crippen LogP contribution in [0.3, 0.4) is 0 Å². The quantitative estimate of drug-likeness (QED) is 0.890. The topological polar surface area (TPSA) is 84.9 Å². The molecule has 2 aliphatic rings. The Bertz CT molecular complexity index is 586. The van der Waals surface area contributed by atoms with E-state index < -0.39 is 5.97 Å². The van der Waals surface area contributed by atoms with Crippen molar-refractivity contribution < 1.29 is 24.2 Å². The summed E-state index contributed by atoms with van der Waals surface area (Å²) < 4.78 is 11.1. The standard InChI is InChI=1S/C16H19NO5/c18-15(17-12-4-2-11(8-12)16(19)20)10-3-5-13-14(9-10)22-7-1-6-21-13/h3,5,9,11-12H,1-2,4,6-8H2,(H,17,18)(H,19,20)/t11-,12+/m1/s1. The molecule has 22 heavy (non-hydrogen) atoms. The molecule has 6 nitrogen and oxygen atoms in total. The van der Waals surface area contributed by atoms with Gasteiger partial charge in [-0.1, -0.05) is 0 Å². The molecule has 0 unspecified atom stereocenters. The van der Waals surface area contributed by atoms with Crippen molar-refractivity contribution >= 4 is 11.9 Å². The van der Waals surface area contributed by atoms with Crippen molar-refractivity contribution in [1.29, 1.82) is 0 Å². The van der Waals surface area contributed by atoms with Gasteiger partial charge in [0.15, 0.2) is 11.5 Å². The molecule has 2 atom stereocenters. The lowest BCUT2D eigenvalue weighted by Gasteiger charge is -2.14. The van der Waals surface area contributed by atoms with E-state index in [4.69, 9.17) is 14.6 Å². The maximum atomic E-state index is 12.3. The Hall–Kier alpha value is -2.24. The normalized spacial score (nSPS) is 23.6. The van der Waals surface area contributed by atoms with Crippen molar-refractivity contribution in [3.8, 4) is 11.5 Å². The monoisotopic (exact) mass is 305 g/mol. The van der Waals surface area contributed by atoms with E-state index in [0.29, 0.717) is 49.5 Å². The third kappa shape index (κ3) is 3.16. The van der Waals surface area contributed by atoms with Crippen LogP contribution in [0.2, 0.25) is 0 Å². The summed E-state index contributed by atoms with van der Waals surface area (Å²) in [5.41, 5.74) is 0.503. The zero-order chi connectivity index (χ0) is 15.5. The Morgan fingerprint density at radius 3 is 2.64 bits per heavy atom. The highest BCUT2D eigenvalue weighted by atomic mass is 16.5. The van der Waals surface area contributed by atoms with E-state index >= 15 is 0 Å². The predicted molar refractivity (Wildman–Crippen MR) is 78.3 cm³/mol. The van der Waals surface area contributed by atoms with E-state index in [1.165, 1.54) is 0 Å². The highest BCUT2D eigenvalue weighted by Crippen LogP contribution is 2.31. The lowest BCUT2D eigenvalue weighted by Crippen LogP contribution is -2.33. The van der Waals surface area contributed by atoms with Crippen LogP contribution in [0.5, 0.6) is 11.5 Å². The van der Waals surface area contributed by atoms with E-state index in [9.17, 15) is 9.59 Å². The number of rotatable bonds is 3. The average Bonchev–Trinajstić information content (AvgIpc) is 2.84. The summed E-state index contributed by atoms with van der Waals surface area (Å²) in [6.07, 6.45) is 2.62. The number of carboxylic acid groups (broad SMARTS) is 1. The van der Waals surface area contributed by atoms with Crippen LogP contribution in [0.25, 0.3) is 0 Å². The number of carbonyl (C=O) groups excluding carboxylic acids is 1. The summed E-state index contributed by atoms with van der Waals surface area (Å²) in [4.78, 5) is 23.2. The highest BCUT2D eigenvalue weighted by molar-refractivity contribution is 5.95. The molecule has 0 spiro atoms. The first-order valence-electron chi connectivity index (χ1n) is 7.57. The lowest BCUT2D eigenvalue weighted by molar-refractivity contribution is -0.141. The molecule has 1 aromatic carbocycles. The van der Waals surface area contributed by atoms with Crippen LogP contribution in [0, 0.1) is 5.92 Å². The molecular weight excluding hydrogens is 286 g/mol. The van der Waals surface area contributed by atoms with Crippen molar-refractivity contribution in [3.05, 3.63) is 23.8 Å². The van der Waals surface area contributed by atoms with Crippen molar-refractivity contribution in [2.24, 2.45) is 5.92 Å². The van der Waals surface area contributed by atoms with E-state index in [2.05, 4.69) is 5.32 Å². The summed E-state index contributed by atoms with van der Waals surface area (Å²) in [6, 6.07) is 5.04. The number of carboxylic acids is 1. The van der Waals surface area contributed by atoms with Gasteiger partial charge in [-0.05, 0) is 37.5 Å². The van der Waals surface area contributed by atoms with Gasteiger partial charge in [0.25, 0.3) is 5.91 Å². The van der Waals surface area contributed by atoms with E-state index in [0.717, 1.165) is 6.42 Å². The smallest absolute Gasteiger partial charge is 0.306 e. The van der Waals surface area contributed by atoms with Crippen molar-refractivity contribution in [2.45, 2.75) is 31.7 Å². The van der Waals surface area contributed by atoms with Crippen LogP contribution in [-0.4, -0.2) is 36.2 Å². The van der Waals surface area contributed by atoms with Gasteiger partial charge in [-0.15, -0.1) is 0 Å². The maximum Gasteiger partial charge on any atom is 0.306 e. The van der Waals surface area contributed by atoms with Crippen LogP contribution in [0.4, 0.5) is 0 Å². The summed E-state index contributed by atoms with van der Waals surface area (Å²) in [6.45, 7) is 1.18. The minimum absolute atomic E-state index is 0.0791. The number of aliphatic carboxylic acids is 1. The summed E-state index contributed by atoms with van der Waals surface area (Å²) in [5, 5.41) is 11.9. The molecule has 1 heterocycles. The fourth-order valence-corrected chi connectivity index (χ4v) is 2.91. The molecule has 0 aromatic heterocycles. The fourth-order valence-electron chi connectivity index (χ4n) is 2.91. The van der Waals surface area contributed by atoms with Crippen molar-refractivity contribution in [2.75, 3.05) is 13.2 Å². The Labute approximate surface area is 128 Å². The molecule has 1 aliphatic carbocycles. The second-order valence-electron chi connectivity index (χ2n) is 5.73. The minimum atomic E-state index is -0.785. The molecule has 6 heteroatoms. The summed E-state index contributed by atoms with van der Waals surface area (Å²) >= 11 is 0. The van der Waals surface area contributed by atoms with Crippen LogP contribution < -0.4 is 14.8 Å². The largest absolute Gasteiger partial charge is 0.490 e. The predicted octanol–water partition coefficient (Wildman–Crippen LogP) is 1.83. The third-order valence-corrected chi connectivity index (χ3v) is 4.13. The average molecular weight is 305 g/mol. The maximum absolute atomic E-state index is 12.3. The van der Waals surface area contributed by atoms with Gasteiger partial charge in [-0.25, -0.2) is 0 Å². The number of hydrogen-bond donors (Lipinski definition) is 2. The van der Waals surface area contributed by atoms with Gasteiger partial charge in [0.1, 0.15) is 0 Å². The van der Waals surface area contributed by atoms with Gasteiger partial charge < -0.3 is 19.9 Å². The van der Waals surface area contributed by atoms with E-state index in [1.807, 2.05) is 0 Å². The van der Waals surface area contributed by atoms with E-state index in [1.54, 1.807) is 18.2 Å². The zero-order valence-corrected chi connectivity index (χ0v) is 12.2. The fraction of sp³-hybridized carbons (Fsp3) is 0.500. The third-order valence-electron chi connectivity index (χ3n) is 4.13. The first-order valence-corrected chi connectivity index (χ1v) is 7.57. The van der Waals surface area contributed by atoms with Gasteiger partial charge >= 0.3 is 5.97 Å².